The smallest absolute Gasteiger partial charge is 0.401 e. The van der Waals surface area contributed by atoms with E-state index in [9.17, 15) is 13.2 Å². The largest absolute Gasteiger partial charge is 0.497 e. The molecule has 0 saturated carbocycles. The van der Waals surface area contributed by atoms with Crippen LogP contribution in [-0.2, 0) is 0 Å². The number of nitrogens with two attached hydrogens (primary N) is 1. The lowest BCUT2D eigenvalue weighted by Crippen LogP contribution is -2.40. The zero-order valence-corrected chi connectivity index (χ0v) is 14.4. The number of hydrogen-bond acceptors (Lipinski definition) is 3. The van der Waals surface area contributed by atoms with Crippen LogP contribution in [0.25, 0.3) is 0 Å². The second-order valence-corrected chi connectivity index (χ2v) is 6.25. The SMILES string of the molecule is COc1cccc(NC(N)=NCCC2CCN(CC(F)(F)F)CC2)c1. The first-order chi connectivity index (χ1) is 11.9. The Morgan fingerprint density at radius 2 is 2.08 bits per heavy atom. The quantitative estimate of drug-likeness (QED) is 0.606. The summed E-state index contributed by atoms with van der Waals surface area (Å²) in [6.45, 7) is 0.735. The van der Waals surface area contributed by atoms with Crippen molar-refractivity contribution in [1.82, 2.24) is 4.90 Å². The zero-order chi connectivity index (χ0) is 18.3. The third-order valence-corrected chi connectivity index (χ3v) is 4.27. The number of aliphatic imine (C=N–C) groups is 1. The number of piperidine rings is 1. The second kappa shape index (κ2) is 8.94. The summed E-state index contributed by atoms with van der Waals surface area (Å²) in [6.07, 6.45) is -1.73. The van der Waals surface area contributed by atoms with Crippen LogP contribution in [0.4, 0.5) is 18.9 Å². The lowest BCUT2D eigenvalue weighted by Gasteiger charge is -2.32. The number of ether oxygens (including phenoxy) is 1. The summed E-state index contributed by atoms with van der Waals surface area (Å²) >= 11 is 0. The van der Waals surface area contributed by atoms with Gasteiger partial charge in [-0.25, -0.2) is 0 Å². The number of alkyl halides is 3. The summed E-state index contributed by atoms with van der Waals surface area (Å²) in [4.78, 5) is 5.77. The van der Waals surface area contributed by atoms with Gasteiger partial charge in [0, 0.05) is 18.3 Å². The number of halogens is 3. The van der Waals surface area contributed by atoms with Gasteiger partial charge < -0.3 is 15.8 Å². The van der Waals surface area contributed by atoms with Gasteiger partial charge in [-0.2, -0.15) is 13.2 Å². The maximum absolute atomic E-state index is 12.4. The molecule has 0 aromatic heterocycles. The highest BCUT2D eigenvalue weighted by Crippen LogP contribution is 2.24. The lowest BCUT2D eigenvalue weighted by atomic mass is 9.93. The van der Waals surface area contributed by atoms with E-state index in [4.69, 9.17) is 10.5 Å². The van der Waals surface area contributed by atoms with Crippen molar-refractivity contribution < 1.29 is 17.9 Å². The number of benzene rings is 1. The Hall–Kier alpha value is -1.96. The average Bonchev–Trinajstić information content (AvgIpc) is 2.55. The van der Waals surface area contributed by atoms with Crippen molar-refractivity contribution in [3.05, 3.63) is 24.3 Å². The van der Waals surface area contributed by atoms with Gasteiger partial charge in [0.25, 0.3) is 0 Å². The normalized spacial score (nSPS) is 17.5. The maximum atomic E-state index is 12.4. The lowest BCUT2D eigenvalue weighted by molar-refractivity contribution is -0.148. The van der Waals surface area contributed by atoms with E-state index < -0.39 is 12.7 Å². The van der Waals surface area contributed by atoms with Crippen LogP contribution >= 0.6 is 0 Å². The number of nitrogens with one attached hydrogen (secondary N) is 1. The molecule has 1 aromatic carbocycles. The molecule has 25 heavy (non-hydrogen) atoms. The van der Waals surface area contributed by atoms with Gasteiger partial charge in [-0.3, -0.25) is 9.89 Å². The van der Waals surface area contributed by atoms with E-state index in [1.807, 2.05) is 24.3 Å². The summed E-state index contributed by atoms with van der Waals surface area (Å²) in [5.74, 6) is 1.45. The predicted molar refractivity (Wildman–Crippen MR) is 92.9 cm³/mol. The van der Waals surface area contributed by atoms with Gasteiger partial charge in [-0.1, -0.05) is 6.07 Å². The Labute approximate surface area is 146 Å². The molecular formula is C17H25F3N4O. The molecule has 0 atom stereocenters. The van der Waals surface area contributed by atoms with E-state index >= 15 is 0 Å². The molecule has 1 aliphatic heterocycles. The average molecular weight is 358 g/mol. The molecule has 1 heterocycles. The fourth-order valence-corrected chi connectivity index (χ4v) is 2.94. The van der Waals surface area contributed by atoms with Crippen molar-refractivity contribution in [3.8, 4) is 5.75 Å². The number of hydrogen-bond donors (Lipinski definition) is 2. The molecule has 1 saturated heterocycles. The minimum atomic E-state index is -4.11. The number of nitrogens with zero attached hydrogens (tertiary/aromatic N) is 2. The van der Waals surface area contributed by atoms with Crippen LogP contribution in [0.3, 0.4) is 0 Å². The Bertz CT molecular complexity index is 569. The van der Waals surface area contributed by atoms with Crippen LogP contribution in [0, 0.1) is 5.92 Å². The predicted octanol–water partition coefficient (Wildman–Crippen LogP) is 3.09. The standard InChI is InChI=1S/C17H25F3N4O/c1-25-15-4-2-3-14(11-15)23-16(21)22-8-5-13-6-9-24(10-7-13)12-17(18,19)20/h2-4,11,13H,5-10,12H2,1H3,(H3,21,22,23). The Morgan fingerprint density at radius 3 is 2.72 bits per heavy atom. The Morgan fingerprint density at radius 1 is 1.36 bits per heavy atom. The molecule has 3 N–H and O–H groups in total. The van der Waals surface area contributed by atoms with Crippen LogP contribution in [0.2, 0.25) is 0 Å². The maximum Gasteiger partial charge on any atom is 0.401 e. The highest BCUT2D eigenvalue weighted by molar-refractivity contribution is 5.92. The summed E-state index contributed by atoms with van der Waals surface area (Å²) in [5.41, 5.74) is 6.66. The van der Waals surface area contributed by atoms with Crippen molar-refractivity contribution in [2.24, 2.45) is 16.6 Å². The topological polar surface area (TPSA) is 62.9 Å². The van der Waals surface area contributed by atoms with Gasteiger partial charge in [0.15, 0.2) is 5.96 Å². The van der Waals surface area contributed by atoms with Crippen LogP contribution in [0.5, 0.6) is 5.75 Å². The number of guanidine groups is 1. The highest BCUT2D eigenvalue weighted by atomic mass is 19.4. The van der Waals surface area contributed by atoms with Crippen molar-refractivity contribution in [2.75, 3.05) is 38.6 Å². The third kappa shape index (κ3) is 7.21. The monoisotopic (exact) mass is 358 g/mol. The molecular weight excluding hydrogens is 333 g/mol. The highest BCUT2D eigenvalue weighted by Gasteiger charge is 2.32. The van der Waals surface area contributed by atoms with E-state index in [-0.39, 0.29) is 0 Å². The molecule has 0 spiro atoms. The Balaban J connectivity index is 1.70. The van der Waals surface area contributed by atoms with Gasteiger partial charge in [-0.05, 0) is 50.4 Å². The van der Waals surface area contributed by atoms with Gasteiger partial charge in [0.2, 0.25) is 0 Å². The van der Waals surface area contributed by atoms with E-state index in [1.54, 1.807) is 7.11 Å². The molecule has 2 rings (SSSR count). The van der Waals surface area contributed by atoms with Crippen molar-refractivity contribution in [2.45, 2.75) is 25.4 Å². The number of rotatable bonds is 6. The van der Waals surface area contributed by atoms with E-state index in [0.29, 0.717) is 31.5 Å². The van der Waals surface area contributed by atoms with Crippen LogP contribution in [0.1, 0.15) is 19.3 Å². The van der Waals surface area contributed by atoms with E-state index in [0.717, 1.165) is 30.7 Å². The molecule has 1 aromatic rings. The van der Waals surface area contributed by atoms with Crippen LogP contribution in [0.15, 0.2) is 29.3 Å². The number of anilines is 1. The first-order valence-corrected chi connectivity index (χ1v) is 8.36. The molecule has 1 fully saturated rings. The molecule has 140 valence electrons. The molecule has 0 radical (unpaired) electrons. The van der Waals surface area contributed by atoms with E-state index in [1.165, 1.54) is 4.90 Å². The van der Waals surface area contributed by atoms with Gasteiger partial charge >= 0.3 is 6.18 Å². The molecule has 1 aliphatic rings. The van der Waals surface area contributed by atoms with Crippen molar-refractivity contribution >= 4 is 11.6 Å². The minimum Gasteiger partial charge on any atom is -0.497 e. The first-order valence-electron chi connectivity index (χ1n) is 8.36. The number of likely N-dealkylation sites (tertiary alicyclic amines) is 1. The van der Waals surface area contributed by atoms with Gasteiger partial charge in [0.1, 0.15) is 5.75 Å². The molecule has 0 amide bonds. The summed E-state index contributed by atoms with van der Waals surface area (Å²) < 4.78 is 42.2. The van der Waals surface area contributed by atoms with Crippen LogP contribution in [-0.4, -0.2) is 50.3 Å². The summed E-state index contributed by atoms with van der Waals surface area (Å²) in [7, 11) is 1.59. The minimum absolute atomic E-state index is 0.322. The van der Waals surface area contributed by atoms with Crippen molar-refractivity contribution in [1.29, 1.82) is 0 Å². The fraction of sp³-hybridized carbons (Fsp3) is 0.588. The van der Waals surface area contributed by atoms with Crippen molar-refractivity contribution in [3.63, 3.8) is 0 Å². The number of methoxy groups -OCH3 is 1. The third-order valence-electron chi connectivity index (χ3n) is 4.27. The molecule has 8 heteroatoms. The van der Waals surface area contributed by atoms with Gasteiger partial charge in [0.05, 0.1) is 13.7 Å². The summed E-state index contributed by atoms with van der Waals surface area (Å²) in [5, 5.41) is 3.00. The summed E-state index contributed by atoms with van der Waals surface area (Å²) in [6, 6.07) is 7.37. The zero-order valence-electron chi connectivity index (χ0n) is 14.4. The molecule has 0 bridgehead atoms. The molecule has 5 nitrogen and oxygen atoms in total. The molecule has 0 aliphatic carbocycles. The van der Waals surface area contributed by atoms with Crippen LogP contribution < -0.4 is 15.8 Å². The first kappa shape index (κ1) is 19.4. The fourth-order valence-electron chi connectivity index (χ4n) is 2.94. The van der Waals surface area contributed by atoms with Gasteiger partial charge in [-0.15, -0.1) is 0 Å². The molecule has 0 unspecified atom stereocenters. The second-order valence-electron chi connectivity index (χ2n) is 6.25. The Kier molecular flexibility index (Phi) is 6.92. The van der Waals surface area contributed by atoms with E-state index in [2.05, 4.69) is 10.3 Å².